The highest BCUT2D eigenvalue weighted by Gasteiger charge is 2.33. The molecule has 0 amide bonds. The molecule has 0 unspecified atom stereocenters. The van der Waals surface area contributed by atoms with Crippen LogP contribution in [0.3, 0.4) is 0 Å². The Morgan fingerprint density at radius 2 is 1.55 bits per heavy atom. The van der Waals surface area contributed by atoms with Gasteiger partial charge in [-0.2, -0.15) is 0 Å². The summed E-state index contributed by atoms with van der Waals surface area (Å²) in [6, 6.07) is 14.1. The fraction of sp³-hybridized carbons (Fsp3) is 0.478. The van der Waals surface area contributed by atoms with Crippen LogP contribution in [0.5, 0.6) is 11.5 Å². The van der Waals surface area contributed by atoms with E-state index in [-0.39, 0.29) is 12.4 Å². The van der Waals surface area contributed by atoms with Gasteiger partial charge in [-0.05, 0) is 68.9 Å². The van der Waals surface area contributed by atoms with Crippen LogP contribution in [0.2, 0.25) is 0 Å². The van der Waals surface area contributed by atoms with Gasteiger partial charge in [-0.3, -0.25) is 4.90 Å². The number of nitrogens with zero attached hydrogens (tertiary/aromatic N) is 2. The van der Waals surface area contributed by atoms with Crippen LogP contribution in [0.15, 0.2) is 48.5 Å². The minimum atomic E-state index is -0.838. The van der Waals surface area contributed by atoms with Gasteiger partial charge in [0.1, 0.15) is 36.1 Å². The Bertz CT molecular complexity index is 742. The van der Waals surface area contributed by atoms with Gasteiger partial charge in [-0.25, -0.2) is 4.39 Å². The summed E-state index contributed by atoms with van der Waals surface area (Å²) >= 11 is 0. The van der Waals surface area contributed by atoms with Crippen molar-refractivity contribution in [1.82, 2.24) is 9.80 Å². The predicted octanol–water partition coefficient (Wildman–Crippen LogP) is 3.17. The summed E-state index contributed by atoms with van der Waals surface area (Å²) in [6.07, 6.45) is 1.31. The second-order valence-electron chi connectivity index (χ2n) is 8.04. The van der Waals surface area contributed by atoms with Crippen molar-refractivity contribution >= 4 is 0 Å². The maximum Gasteiger partial charge on any atom is 0.123 e. The van der Waals surface area contributed by atoms with Crippen molar-refractivity contribution in [2.45, 2.75) is 25.0 Å². The van der Waals surface area contributed by atoms with Crippen molar-refractivity contribution in [2.24, 2.45) is 0 Å². The average molecular weight is 403 g/mol. The number of likely N-dealkylation sites (tertiary alicyclic amines) is 1. The lowest BCUT2D eigenvalue weighted by molar-refractivity contribution is -0.0537. The number of hydrogen-bond donors (Lipinski definition) is 1. The molecule has 2 aromatic carbocycles. The van der Waals surface area contributed by atoms with E-state index in [0.29, 0.717) is 25.2 Å². The van der Waals surface area contributed by atoms with Gasteiger partial charge in [0.05, 0.1) is 0 Å². The number of aliphatic hydroxyl groups is 1. The van der Waals surface area contributed by atoms with Crippen LogP contribution >= 0.6 is 0 Å². The zero-order chi connectivity index (χ0) is 20.7. The molecule has 1 N–H and O–H groups in total. The summed E-state index contributed by atoms with van der Waals surface area (Å²) in [6.45, 7) is 4.27. The molecule has 158 valence electrons. The summed E-state index contributed by atoms with van der Waals surface area (Å²) < 4.78 is 24.4. The third kappa shape index (κ3) is 6.99. The van der Waals surface area contributed by atoms with Crippen LogP contribution in [-0.2, 0) is 6.54 Å². The monoisotopic (exact) mass is 402 g/mol. The lowest BCUT2D eigenvalue weighted by atomic mass is 9.92. The Labute approximate surface area is 172 Å². The quantitative estimate of drug-likeness (QED) is 0.698. The number of hydrogen-bond acceptors (Lipinski definition) is 5. The fourth-order valence-electron chi connectivity index (χ4n) is 3.32. The number of ether oxygens (including phenoxy) is 2. The van der Waals surface area contributed by atoms with E-state index in [0.717, 1.165) is 31.9 Å². The zero-order valence-electron chi connectivity index (χ0n) is 17.3. The van der Waals surface area contributed by atoms with E-state index in [4.69, 9.17) is 9.47 Å². The van der Waals surface area contributed by atoms with Crippen LogP contribution in [0.25, 0.3) is 0 Å². The molecule has 0 spiro atoms. The molecule has 6 heteroatoms. The Balaban J connectivity index is 1.41. The first-order valence-corrected chi connectivity index (χ1v) is 10.1. The van der Waals surface area contributed by atoms with Crippen LogP contribution in [0.1, 0.15) is 18.4 Å². The zero-order valence-corrected chi connectivity index (χ0v) is 17.3. The molecule has 0 radical (unpaired) electrons. The first-order chi connectivity index (χ1) is 13.9. The smallest absolute Gasteiger partial charge is 0.123 e. The van der Waals surface area contributed by atoms with Crippen molar-refractivity contribution < 1.29 is 19.0 Å². The van der Waals surface area contributed by atoms with Crippen LogP contribution in [-0.4, -0.2) is 67.5 Å². The number of rotatable bonds is 9. The minimum absolute atomic E-state index is 0.228. The van der Waals surface area contributed by atoms with Crippen molar-refractivity contribution in [3.63, 3.8) is 0 Å². The number of likely N-dealkylation sites (N-methyl/N-ethyl adjacent to an activating group) is 1. The maximum atomic E-state index is 13.0. The summed E-state index contributed by atoms with van der Waals surface area (Å²) in [4.78, 5) is 4.44. The van der Waals surface area contributed by atoms with Gasteiger partial charge in [0.15, 0.2) is 0 Å². The Morgan fingerprint density at radius 3 is 2.17 bits per heavy atom. The minimum Gasteiger partial charge on any atom is -0.492 e. The molecular weight excluding hydrogens is 371 g/mol. The third-order valence-corrected chi connectivity index (χ3v) is 5.24. The van der Waals surface area contributed by atoms with E-state index in [9.17, 15) is 9.50 Å². The molecule has 1 aliphatic heterocycles. The SMILES string of the molecule is CN(C)CCOc1ccc(CN2CCC(O)(COc3ccc(F)cc3)CC2)cc1. The fourth-order valence-corrected chi connectivity index (χ4v) is 3.32. The lowest BCUT2D eigenvalue weighted by Crippen LogP contribution is -2.47. The van der Waals surface area contributed by atoms with Gasteiger partial charge >= 0.3 is 0 Å². The standard InChI is InChI=1S/C23H31FN2O3/c1-25(2)15-16-28-21-7-3-19(4-8-21)17-26-13-11-23(27,12-14-26)18-29-22-9-5-20(24)6-10-22/h3-10,27H,11-18H2,1-2H3. The van der Waals surface area contributed by atoms with E-state index in [1.165, 1.54) is 17.7 Å². The molecule has 0 saturated carbocycles. The van der Waals surface area contributed by atoms with Gasteiger partial charge in [0.2, 0.25) is 0 Å². The molecule has 0 aliphatic carbocycles. The largest absolute Gasteiger partial charge is 0.492 e. The van der Waals surface area contributed by atoms with Gasteiger partial charge in [0, 0.05) is 26.2 Å². The second kappa shape index (κ2) is 10.1. The van der Waals surface area contributed by atoms with Crippen molar-refractivity contribution in [3.8, 4) is 11.5 Å². The Kier molecular flexibility index (Phi) is 7.47. The highest BCUT2D eigenvalue weighted by molar-refractivity contribution is 5.27. The topological polar surface area (TPSA) is 45.2 Å². The molecule has 1 aliphatic rings. The van der Waals surface area contributed by atoms with E-state index in [1.54, 1.807) is 12.1 Å². The summed E-state index contributed by atoms with van der Waals surface area (Å²) in [5.74, 6) is 1.18. The molecular formula is C23H31FN2O3. The van der Waals surface area contributed by atoms with E-state index in [2.05, 4.69) is 21.9 Å². The molecule has 5 nitrogen and oxygen atoms in total. The first kappa shape index (κ1) is 21.6. The van der Waals surface area contributed by atoms with Gasteiger partial charge in [-0.1, -0.05) is 12.1 Å². The molecule has 29 heavy (non-hydrogen) atoms. The predicted molar refractivity (Wildman–Crippen MR) is 112 cm³/mol. The van der Waals surface area contributed by atoms with Gasteiger partial charge in [0.25, 0.3) is 0 Å². The lowest BCUT2D eigenvalue weighted by Gasteiger charge is -2.38. The molecule has 2 aromatic rings. The van der Waals surface area contributed by atoms with Crippen LogP contribution in [0.4, 0.5) is 4.39 Å². The van der Waals surface area contributed by atoms with E-state index in [1.807, 2.05) is 26.2 Å². The molecule has 1 heterocycles. The Hall–Kier alpha value is -2.15. The van der Waals surface area contributed by atoms with Gasteiger partial charge < -0.3 is 19.5 Å². The summed E-state index contributed by atoms with van der Waals surface area (Å²) in [5, 5.41) is 10.8. The van der Waals surface area contributed by atoms with Crippen molar-refractivity contribution in [3.05, 3.63) is 59.9 Å². The highest BCUT2D eigenvalue weighted by atomic mass is 19.1. The number of benzene rings is 2. The number of halogens is 1. The molecule has 3 rings (SSSR count). The normalized spacial score (nSPS) is 16.7. The summed E-state index contributed by atoms with van der Waals surface area (Å²) in [5.41, 5.74) is 0.396. The third-order valence-electron chi connectivity index (χ3n) is 5.24. The van der Waals surface area contributed by atoms with Crippen molar-refractivity contribution in [2.75, 3.05) is 46.9 Å². The van der Waals surface area contributed by atoms with E-state index >= 15 is 0 Å². The molecule has 0 atom stereocenters. The van der Waals surface area contributed by atoms with E-state index < -0.39 is 5.60 Å². The van der Waals surface area contributed by atoms with Crippen LogP contribution in [0, 0.1) is 5.82 Å². The maximum absolute atomic E-state index is 13.0. The highest BCUT2D eigenvalue weighted by Crippen LogP contribution is 2.25. The van der Waals surface area contributed by atoms with Gasteiger partial charge in [-0.15, -0.1) is 0 Å². The summed E-state index contributed by atoms with van der Waals surface area (Å²) in [7, 11) is 4.06. The second-order valence-corrected chi connectivity index (χ2v) is 8.04. The number of piperidine rings is 1. The van der Waals surface area contributed by atoms with Crippen molar-refractivity contribution in [1.29, 1.82) is 0 Å². The average Bonchev–Trinajstić information content (AvgIpc) is 2.71. The molecule has 0 bridgehead atoms. The Morgan fingerprint density at radius 1 is 0.966 bits per heavy atom. The first-order valence-electron chi connectivity index (χ1n) is 10.1. The van der Waals surface area contributed by atoms with Crippen LogP contribution < -0.4 is 9.47 Å². The molecule has 0 aromatic heterocycles. The molecule has 1 fully saturated rings. The molecule has 1 saturated heterocycles.